The summed E-state index contributed by atoms with van der Waals surface area (Å²) in [5.74, 6) is -1.13. The Balaban J connectivity index is 0.000000396. The Kier molecular flexibility index (Phi) is 2.84. The molecule has 0 amide bonds. The summed E-state index contributed by atoms with van der Waals surface area (Å²) >= 11 is 0. The summed E-state index contributed by atoms with van der Waals surface area (Å²) in [5.41, 5.74) is 0. The van der Waals surface area contributed by atoms with Crippen molar-refractivity contribution in [2.75, 3.05) is 7.11 Å². The van der Waals surface area contributed by atoms with Gasteiger partial charge in [-0.15, -0.1) is 0 Å². The van der Waals surface area contributed by atoms with E-state index >= 15 is 0 Å². The molecule has 6 nitrogen and oxygen atoms in total. The standard InChI is InChI=1S/C6H6O5.CH4O/c7-3-1-2-5(11-3)4(8)6(9)10-2;1-2/h2,4-5,8H,1H2;2H,1H3/t2-,4-,5+;/m1./s1. The van der Waals surface area contributed by atoms with Crippen LogP contribution in [-0.2, 0) is 19.1 Å². The lowest BCUT2D eigenvalue weighted by Gasteiger charge is -2.05. The number of rotatable bonds is 0. The molecule has 2 rings (SSSR count). The molecule has 0 saturated carbocycles. The van der Waals surface area contributed by atoms with Crippen LogP contribution in [0.5, 0.6) is 0 Å². The van der Waals surface area contributed by atoms with Crippen LogP contribution in [0.1, 0.15) is 6.42 Å². The molecule has 2 saturated heterocycles. The second kappa shape index (κ2) is 3.71. The molecule has 2 aliphatic heterocycles. The van der Waals surface area contributed by atoms with Gasteiger partial charge in [-0.1, -0.05) is 0 Å². The van der Waals surface area contributed by atoms with Gasteiger partial charge < -0.3 is 19.7 Å². The van der Waals surface area contributed by atoms with Crippen molar-refractivity contribution < 1.29 is 29.3 Å². The largest absolute Gasteiger partial charge is 0.456 e. The molecule has 3 atom stereocenters. The lowest BCUT2D eigenvalue weighted by molar-refractivity contribution is -0.152. The summed E-state index contributed by atoms with van der Waals surface area (Å²) in [7, 11) is 1.00. The molecule has 2 heterocycles. The lowest BCUT2D eigenvalue weighted by atomic mass is 10.1. The van der Waals surface area contributed by atoms with Crippen LogP contribution in [0.3, 0.4) is 0 Å². The molecule has 74 valence electrons. The minimum absolute atomic E-state index is 0.0630. The van der Waals surface area contributed by atoms with Crippen molar-refractivity contribution in [3.8, 4) is 0 Å². The van der Waals surface area contributed by atoms with Gasteiger partial charge in [0.1, 0.15) is 0 Å². The number of ether oxygens (including phenoxy) is 2. The van der Waals surface area contributed by atoms with Gasteiger partial charge in [0, 0.05) is 7.11 Å². The highest BCUT2D eigenvalue weighted by atomic mass is 16.6. The quantitative estimate of drug-likeness (QED) is 0.437. The van der Waals surface area contributed by atoms with Gasteiger partial charge in [0.25, 0.3) is 0 Å². The molecule has 0 aromatic heterocycles. The average molecular weight is 190 g/mol. The van der Waals surface area contributed by atoms with Crippen molar-refractivity contribution in [3.05, 3.63) is 0 Å². The van der Waals surface area contributed by atoms with E-state index in [0.717, 1.165) is 7.11 Å². The number of hydrogen-bond donors (Lipinski definition) is 2. The molecule has 0 bridgehead atoms. The van der Waals surface area contributed by atoms with E-state index < -0.39 is 30.3 Å². The first kappa shape index (κ1) is 9.94. The van der Waals surface area contributed by atoms with E-state index in [9.17, 15) is 9.59 Å². The van der Waals surface area contributed by atoms with E-state index in [1.165, 1.54) is 0 Å². The molecule has 0 aromatic rings. The van der Waals surface area contributed by atoms with Crippen molar-refractivity contribution in [2.24, 2.45) is 0 Å². The highest BCUT2D eigenvalue weighted by molar-refractivity contribution is 5.82. The predicted molar refractivity (Wildman–Crippen MR) is 38.5 cm³/mol. The van der Waals surface area contributed by atoms with Crippen LogP contribution in [0, 0.1) is 0 Å². The van der Waals surface area contributed by atoms with Crippen LogP contribution in [0.2, 0.25) is 0 Å². The number of aliphatic hydroxyl groups is 2. The van der Waals surface area contributed by atoms with E-state index in [-0.39, 0.29) is 6.42 Å². The number of hydrogen-bond acceptors (Lipinski definition) is 6. The summed E-state index contributed by atoms with van der Waals surface area (Å²) in [6, 6.07) is 0. The average Bonchev–Trinajstić information content (AvgIpc) is 2.58. The Morgan fingerprint density at radius 1 is 1.31 bits per heavy atom. The Morgan fingerprint density at radius 2 is 1.92 bits per heavy atom. The van der Waals surface area contributed by atoms with Crippen LogP contribution < -0.4 is 0 Å². The molecule has 2 N–H and O–H groups in total. The van der Waals surface area contributed by atoms with Gasteiger partial charge in [0.2, 0.25) is 0 Å². The summed E-state index contributed by atoms with van der Waals surface area (Å²) in [6.07, 6.45) is -2.56. The fourth-order valence-corrected chi connectivity index (χ4v) is 1.29. The van der Waals surface area contributed by atoms with Crippen molar-refractivity contribution in [3.63, 3.8) is 0 Å². The summed E-state index contributed by atoms with van der Waals surface area (Å²) in [6.45, 7) is 0. The molecule has 2 fully saturated rings. The second-order valence-electron chi connectivity index (χ2n) is 2.58. The summed E-state index contributed by atoms with van der Waals surface area (Å²) < 4.78 is 9.27. The molecule has 0 radical (unpaired) electrons. The smallest absolute Gasteiger partial charge is 0.339 e. The zero-order valence-corrected chi connectivity index (χ0v) is 6.97. The van der Waals surface area contributed by atoms with Gasteiger partial charge in [-0.3, -0.25) is 4.79 Å². The van der Waals surface area contributed by atoms with Crippen molar-refractivity contribution in [2.45, 2.75) is 24.7 Å². The van der Waals surface area contributed by atoms with Gasteiger partial charge in [0.05, 0.1) is 6.42 Å². The summed E-state index contributed by atoms with van der Waals surface area (Å²) in [4.78, 5) is 21.2. The van der Waals surface area contributed by atoms with Gasteiger partial charge in [-0.2, -0.15) is 0 Å². The maximum absolute atomic E-state index is 10.6. The molecular weight excluding hydrogens is 180 g/mol. The second-order valence-corrected chi connectivity index (χ2v) is 2.58. The molecule has 0 aromatic carbocycles. The van der Waals surface area contributed by atoms with E-state index in [4.69, 9.17) is 10.2 Å². The molecular formula is C7H10O6. The number of esters is 2. The third kappa shape index (κ3) is 1.63. The number of aliphatic hydroxyl groups excluding tert-OH is 2. The van der Waals surface area contributed by atoms with Gasteiger partial charge in [-0.05, 0) is 0 Å². The first-order chi connectivity index (χ1) is 6.18. The first-order valence-corrected chi connectivity index (χ1v) is 3.71. The Hall–Kier alpha value is -1.14. The van der Waals surface area contributed by atoms with Gasteiger partial charge >= 0.3 is 11.9 Å². The number of carbonyl (C=O) groups is 2. The van der Waals surface area contributed by atoms with Crippen molar-refractivity contribution in [1.82, 2.24) is 0 Å². The normalized spacial score (nSPS) is 35.8. The van der Waals surface area contributed by atoms with Crippen LogP contribution in [0.15, 0.2) is 0 Å². The third-order valence-electron chi connectivity index (χ3n) is 1.82. The van der Waals surface area contributed by atoms with Gasteiger partial charge in [-0.25, -0.2) is 4.79 Å². The van der Waals surface area contributed by atoms with Crippen molar-refractivity contribution in [1.29, 1.82) is 0 Å². The summed E-state index contributed by atoms with van der Waals surface area (Å²) in [5, 5.41) is 16.0. The zero-order valence-electron chi connectivity index (χ0n) is 6.97. The van der Waals surface area contributed by atoms with Crippen LogP contribution in [-0.4, -0.2) is 47.6 Å². The Morgan fingerprint density at radius 3 is 2.46 bits per heavy atom. The predicted octanol–water partition coefficient (Wildman–Crippen LogP) is -1.80. The van der Waals surface area contributed by atoms with E-state index in [0.29, 0.717) is 0 Å². The third-order valence-corrected chi connectivity index (χ3v) is 1.82. The first-order valence-electron chi connectivity index (χ1n) is 3.71. The highest BCUT2D eigenvalue weighted by Crippen LogP contribution is 2.27. The molecule has 0 aliphatic carbocycles. The van der Waals surface area contributed by atoms with Gasteiger partial charge in [0.15, 0.2) is 18.3 Å². The van der Waals surface area contributed by atoms with Crippen LogP contribution in [0.4, 0.5) is 0 Å². The maximum atomic E-state index is 10.6. The molecule has 0 unspecified atom stereocenters. The number of carbonyl (C=O) groups excluding carboxylic acids is 2. The monoisotopic (exact) mass is 190 g/mol. The fourth-order valence-electron chi connectivity index (χ4n) is 1.29. The van der Waals surface area contributed by atoms with Crippen LogP contribution in [0.25, 0.3) is 0 Å². The zero-order chi connectivity index (χ0) is 10.0. The lowest BCUT2D eigenvalue weighted by Crippen LogP contribution is -2.29. The number of fused-ring (bicyclic) bond motifs is 1. The molecule has 13 heavy (non-hydrogen) atoms. The van der Waals surface area contributed by atoms with Crippen molar-refractivity contribution >= 4 is 11.9 Å². The maximum Gasteiger partial charge on any atom is 0.339 e. The van der Waals surface area contributed by atoms with Crippen LogP contribution >= 0.6 is 0 Å². The fraction of sp³-hybridized carbons (Fsp3) is 0.714. The molecule has 0 spiro atoms. The highest BCUT2D eigenvalue weighted by Gasteiger charge is 2.51. The minimum atomic E-state index is -1.29. The topological polar surface area (TPSA) is 93.1 Å². The van der Waals surface area contributed by atoms with E-state index in [1.54, 1.807) is 0 Å². The Bertz CT molecular complexity index is 225. The molecule has 6 heteroatoms. The molecule has 2 aliphatic rings. The SMILES string of the molecule is CO.O=C1C[C@H]2OC(=O)[C@H](O)[C@H]2O1. The van der Waals surface area contributed by atoms with E-state index in [2.05, 4.69) is 9.47 Å². The Labute approximate surface area is 74.1 Å². The van der Waals surface area contributed by atoms with E-state index in [1.807, 2.05) is 0 Å². The minimum Gasteiger partial charge on any atom is -0.456 e.